The van der Waals surface area contributed by atoms with Crippen LogP contribution in [0.2, 0.25) is 0 Å². The van der Waals surface area contributed by atoms with Crippen molar-refractivity contribution in [3.8, 4) is 17.2 Å². The molecular weight excluding hydrogens is 514 g/mol. The van der Waals surface area contributed by atoms with Gasteiger partial charge in [0.1, 0.15) is 17.2 Å². The molecule has 4 rings (SSSR count). The number of benzene rings is 4. The molecule has 0 fully saturated rings. The lowest BCUT2D eigenvalue weighted by Crippen LogP contribution is -2.37. The Kier molecular flexibility index (Phi) is 9.19. The second-order valence-electron chi connectivity index (χ2n) is 8.76. The molecule has 4 aromatic carbocycles. The molecule has 0 aliphatic heterocycles. The number of amides is 2. The molecule has 0 unspecified atom stereocenters. The second kappa shape index (κ2) is 12.9. The van der Waals surface area contributed by atoms with E-state index in [1.807, 2.05) is 43.3 Å². The van der Waals surface area contributed by atoms with Crippen molar-refractivity contribution >= 4 is 27.4 Å². The highest BCUT2D eigenvalue weighted by molar-refractivity contribution is 7.89. The standard InChI is InChI=1S/C30H31N3O5S/c1-23-13-19-27(20-14-23)39(35,36)31-21-8-22-33(30(34)32-28-11-6-7-12-29(28)37-2)24-15-17-26(18-16-24)38-25-9-4-3-5-10-25/h3-7,9-20,31H,8,21-22H2,1-2H3,(H,32,34). The summed E-state index contributed by atoms with van der Waals surface area (Å²) in [7, 11) is -2.12. The predicted molar refractivity (Wildman–Crippen MR) is 153 cm³/mol. The third-order valence-electron chi connectivity index (χ3n) is 5.90. The zero-order chi connectivity index (χ0) is 27.7. The van der Waals surface area contributed by atoms with Crippen LogP contribution in [0, 0.1) is 6.92 Å². The number of nitrogens with one attached hydrogen (secondary N) is 2. The van der Waals surface area contributed by atoms with Crippen molar-refractivity contribution in [3.63, 3.8) is 0 Å². The van der Waals surface area contributed by atoms with E-state index in [0.717, 1.165) is 5.56 Å². The molecule has 4 aromatic rings. The molecule has 0 aliphatic rings. The summed E-state index contributed by atoms with van der Waals surface area (Å²) in [5.74, 6) is 1.86. The van der Waals surface area contributed by atoms with Gasteiger partial charge in [0, 0.05) is 18.8 Å². The molecule has 202 valence electrons. The van der Waals surface area contributed by atoms with Crippen molar-refractivity contribution in [2.75, 3.05) is 30.4 Å². The fourth-order valence-corrected chi connectivity index (χ4v) is 4.92. The van der Waals surface area contributed by atoms with Gasteiger partial charge >= 0.3 is 6.03 Å². The quantitative estimate of drug-likeness (QED) is 0.219. The van der Waals surface area contributed by atoms with Gasteiger partial charge < -0.3 is 14.8 Å². The molecule has 0 atom stereocenters. The third-order valence-corrected chi connectivity index (χ3v) is 7.38. The summed E-state index contributed by atoms with van der Waals surface area (Å²) in [5.41, 5.74) is 2.13. The maximum atomic E-state index is 13.4. The first-order valence-corrected chi connectivity index (χ1v) is 13.9. The van der Waals surface area contributed by atoms with Crippen molar-refractivity contribution in [1.29, 1.82) is 0 Å². The van der Waals surface area contributed by atoms with Crippen LogP contribution in [0.15, 0.2) is 108 Å². The van der Waals surface area contributed by atoms with E-state index < -0.39 is 10.0 Å². The lowest BCUT2D eigenvalue weighted by atomic mass is 10.2. The van der Waals surface area contributed by atoms with E-state index in [1.54, 1.807) is 71.6 Å². The average molecular weight is 546 g/mol. The van der Waals surface area contributed by atoms with Gasteiger partial charge in [0.2, 0.25) is 10.0 Å². The first kappa shape index (κ1) is 27.7. The van der Waals surface area contributed by atoms with E-state index in [-0.39, 0.29) is 24.0 Å². The second-order valence-corrected chi connectivity index (χ2v) is 10.5. The van der Waals surface area contributed by atoms with Crippen LogP contribution in [-0.2, 0) is 10.0 Å². The molecule has 0 saturated heterocycles. The fourth-order valence-electron chi connectivity index (χ4n) is 3.84. The van der Waals surface area contributed by atoms with Gasteiger partial charge in [-0.25, -0.2) is 17.9 Å². The number of anilines is 2. The van der Waals surface area contributed by atoms with Gasteiger partial charge in [0.25, 0.3) is 0 Å². The van der Waals surface area contributed by atoms with Gasteiger partial charge in [-0.15, -0.1) is 0 Å². The lowest BCUT2D eigenvalue weighted by Gasteiger charge is -2.24. The maximum absolute atomic E-state index is 13.4. The topological polar surface area (TPSA) is 97.0 Å². The highest BCUT2D eigenvalue weighted by Gasteiger charge is 2.19. The van der Waals surface area contributed by atoms with Gasteiger partial charge in [-0.3, -0.25) is 4.90 Å². The molecule has 2 amide bonds. The van der Waals surface area contributed by atoms with Crippen molar-refractivity contribution in [1.82, 2.24) is 4.72 Å². The Labute approximate surface area is 229 Å². The molecule has 0 aromatic heterocycles. The van der Waals surface area contributed by atoms with Crippen LogP contribution in [0.1, 0.15) is 12.0 Å². The molecule has 9 heteroatoms. The van der Waals surface area contributed by atoms with E-state index in [4.69, 9.17) is 9.47 Å². The number of carbonyl (C=O) groups excluding carboxylic acids is 1. The maximum Gasteiger partial charge on any atom is 0.326 e. The van der Waals surface area contributed by atoms with E-state index in [9.17, 15) is 13.2 Å². The molecule has 0 aliphatic carbocycles. The lowest BCUT2D eigenvalue weighted by molar-refractivity contribution is 0.256. The van der Waals surface area contributed by atoms with Gasteiger partial charge in [0.05, 0.1) is 17.7 Å². The van der Waals surface area contributed by atoms with Crippen molar-refractivity contribution in [3.05, 3.63) is 109 Å². The largest absolute Gasteiger partial charge is 0.495 e. The zero-order valence-electron chi connectivity index (χ0n) is 21.8. The van der Waals surface area contributed by atoms with Crippen LogP contribution >= 0.6 is 0 Å². The minimum Gasteiger partial charge on any atom is -0.495 e. The highest BCUT2D eigenvalue weighted by atomic mass is 32.2. The van der Waals surface area contributed by atoms with Gasteiger partial charge in [-0.05, 0) is 74.0 Å². The number of hydrogen-bond donors (Lipinski definition) is 2. The van der Waals surface area contributed by atoms with Crippen LogP contribution in [0.4, 0.5) is 16.2 Å². The highest BCUT2D eigenvalue weighted by Crippen LogP contribution is 2.27. The summed E-state index contributed by atoms with van der Waals surface area (Å²) in [6.07, 6.45) is 0.382. The number of carbonyl (C=O) groups is 1. The molecule has 0 spiro atoms. The Morgan fingerprint density at radius 3 is 2.15 bits per heavy atom. The molecule has 0 radical (unpaired) electrons. The molecule has 0 heterocycles. The molecule has 39 heavy (non-hydrogen) atoms. The molecule has 2 N–H and O–H groups in total. The van der Waals surface area contributed by atoms with E-state index in [0.29, 0.717) is 35.0 Å². The monoisotopic (exact) mass is 545 g/mol. The van der Waals surface area contributed by atoms with E-state index in [1.165, 1.54) is 7.11 Å². The Morgan fingerprint density at radius 2 is 1.46 bits per heavy atom. The van der Waals surface area contributed by atoms with Gasteiger partial charge in [-0.1, -0.05) is 48.0 Å². The molecule has 0 bridgehead atoms. The Hall–Kier alpha value is -4.34. The number of urea groups is 1. The average Bonchev–Trinajstić information content (AvgIpc) is 2.94. The van der Waals surface area contributed by atoms with Crippen LogP contribution in [0.25, 0.3) is 0 Å². The smallest absolute Gasteiger partial charge is 0.326 e. The summed E-state index contributed by atoms with van der Waals surface area (Å²) in [4.78, 5) is 15.1. The number of rotatable bonds is 11. The first-order valence-electron chi connectivity index (χ1n) is 12.5. The van der Waals surface area contributed by atoms with Crippen molar-refractivity contribution in [2.45, 2.75) is 18.2 Å². The van der Waals surface area contributed by atoms with Crippen LogP contribution in [0.3, 0.4) is 0 Å². The Balaban J connectivity index is 1.47. The van der Waals surface area contributed by atoms with Crippen molar-refractivity contribution < 1.29 is 22.7 Å². The molecule has 8 nitrogen and oxygen atoms in total. The number of ether oxygens (including phenoxy) is 2. The number of nitrogens with zero attached hydrogens (tertiary/aromatic N) is 1. The van der Waals surface area contributed by atoms with Crippen LogP contribution in [-0.4, -0.2) is 34.6 Å². The van der Waals surface area contributed by atoms with Crippen LogP contribution in [0.5, 0.6) is 17.2 Å². The van der Waals surface area contributed by atoms with Gasteiger partial charge in [-0.2, -0.15) is 0 Å². The zero-order valence-corrected chi connectivity index (χ0v) is 22.6. The van der Waals surface area contributed by atoms with Crippen LogP contribution < -0.4 is 24.4 Å². The Morgan fingerprint density at radius 1 is 0.821 bits per heavy atom. The summed E-state index contributed by atoms with van der Waals surface area (Å²) in [6, 6.07) is 30.0. The number of sulfonamides is 1. The molecular formula is C30H31N3O5S. The summed E-state index contributed by atoms with van der Waals surface area (Å²) >= 11 is 0. The van der Waals surface area contributed by atoms with E-state index in [2.05, 4.69) is 10.0 Å². The normalized spacial score (nSPS) is 11.0. The number of aryl methyl sites for hydroxylation is 1. The SMILES string of the molecule is COc1ccccc1NC(=O)N(CCCNS(=O)(=O)c1ccc(C)cc1)c1ccc(Oc2ccccc2)cc1. The number of para-hydroxylation sites is 3. The third kappa shape index (κ3) is 7.59. The first-order chi connectivity index (χ1) is 18.9. The van der Waals surface area contributed by atoms with E-state index >= 15 is 0 Å². The summed E-state index contributed by atoms with van der Waals surface area (Å²) in [5, 5.41) is 2.89. The molecule has 0 saturated carbocycles. The summed E-state index contributed by atoms with van der Waals surface area (Å²) in [6.45, 7) is 2.31. The number of methoxy groups -OCH3 is 1. The summed E-state index contributed by atoms with van der Waals surface area (Å²) < 4.78 is 39.2. The fraction of sp³-hybridized carbons (Fsp3) is 0.167. The number of hydrogen-bond acceptors (Lipinski definition) is 5. The van der Waals surface area contributed by atoms with Gasteiger partial charge in [0.15, 0.2) is 0 Å². The minimum absolute atomic E-state index is 0.157. The minimum atomic E-state index is -3.65. The Bertz CT molecular complexity index is 1480. The van der Waals surface area contributed by atoms with Crippen molar-refractivity contribution in [2.24, 2.45) is 0 Å². The predicted octanol–water partition coefficient (Wildman–Crippen LogP) is 6.20.